The van der Waals surface area contributed by atoms with Crippen molar-refractivity contribution in [2.75, 3.05) is 14.2 Å². The maximum atomic E-state index is 13.0. The summed E-state index contributed by atoms with van der Waals surface area (Å²) in [5, 5.41) is 0.0121. The largest absolute Gasteiger partial charge is 0.346 e. The fourth-order valence-corrected chi connectivity index (χ4v) is 5.29. The summed E-state index contributed by atoms with van der Waals surface area (Å²) in [4.78, 5) is 25.7. The van der Waals surface area contributed by atoms with Crippen molar-refractivity contribution in [2.24, 2.45) is 11.3 Å². The van der Waals surface area contributed by atoms with Crippen LogP contribution in [0.15, 0.2) is 59.5 Å². The molecule has 1 aromatic rings. The monoisotopic (exact) mass is 358 g/mol. The Morgan fingerprint density at radius 2 is 1.92 bits per heavy atom. The zero-order valence-corrected chi connectivity index (χ0v) is 15.4. The summed E-state index contributed by atoms with van der Waals surface area (Å²) in [6.45, 7) is 1.49. The molecule has 0 aromatic heterocycles. The summed E-state index contributed by atoms with van der Waals surface area (Å²) in [5.41, 5.74) is -0.839. The minimum Gasteiger partial charge on any atom is -0.346 e. The van der Waals surface area contributed by atoms with Crippen LogP contribution in [0.4, 0.5) is 0 Å². The number of ether oxygens (including phenoxy) is 2. The van der Waals surface area contributed by atoms with E-state index in [1.807, 2.05) is 42.5 Å². The predicted molar refractivity (Wildman–Crippen MR) is 97.3 cm³/mol. The molecule has 3 aliphatic carbocycles. The van der Waals surface area contributed by atoms with Crippen molar-refractivity contribution in [1.29, 1.82) is 0 Å². The fraction of sp³-hybridized carbons (Fsp3) is 0.400. The molecule has 0 N–H and O–H groups in total. The molecular formula is C20H22O4S. The van der Waals surface area contributed by atoms with E-state index in [9.17, 15) is 9.59 Å². The predicted octanol–water partition coefficient (Wildman–Crippen LogP) is 3.43. The highest BCUT2D eigenvalue weighted by atomic mass is 32.2. The number of Topliss-reactive ketones (excluding diaryl/α,β-unsaturated/α-hetero) is 1. The van der Waals surface area contributed by atoms with Crippen molar-refractivity contribution < 1.29 is 19.1 Å². The van der Waals surface area contributed by atoms with Gasteiger partial charge in [-0.25, -0.2) is 0 Å². The van der Waals surface area contributed by atoms with Crippen molar-refractivity contribution in [3.8, 4) is 0 Å². The first-order valence-corrected chi connectivity index (χ1v) is 9.12. The van der Waals surface area contributed by atoms with Gasteiger partial charge in [-0.2, -0.15) is 0 Å². The van der Waals surface area contributed by atoms with E-state index in [4.69, 9.17) is 9.47 Å². The van der Waals surface area contributed by atoms with Crippen molar-refractivity contribution in [1.82, 2.24) is 0 Å². The molecule has 0 aliphatic heterocycles. The minimum absolute atomic E-state index is 0.0121. The second kappa shape index (κ2) is 6.90. The third-order valence-electron chi connectivity index (χ3n) is 5.03. The molecule has 4 nitrogen and oxygen atoms in total. The molecule has 3 aliphatic rings. The molecule has 3 atom stereocenters. The van der Waals surface area contributed by atoms with Crippen LogP contribution in [-0.4, -0.2) is 36.8 Å². The molecule has 1 saturated carbocycles. The first-order chi connectivity index (χ1) is 12.0. The van der Waals surface area contributed by atoms with Crippen molar-refractivity contribution in [3.63, 3.8) is 0 Å². The van der Waals surface area contributed by atoms with Crippen LogP contribution in [0, 0.1) is 11.3 Å². The molecule has 1 fully saturated rings. The van der Waals surface area contributed by atoms with Crippen molar-refractivity contribution in [3.05, 3.63) is 54.6 Å². The highest BCUT2D eigenvalue weighted by Crippen LogP contribution is 2.58. The SMILES string of the molecule is COC1(OC)C(=O)C2C=CC1(/C=C/C(C)=O)C(Sc1ccccc1)C2. The number of carbonyl (C=O) groups is 2. The first-order valence-electron chi connectivity index (χ1n) is 8.24. The number of fused-ring (bicyclic) bond motifs is 2. The Morgan fingerprint density at radius 1 is 1.24 bits per heavy atom. The third kappa shape index (κ3) is 2.80. The van der Waals surface area contributed by atoms with E-state index in [0.717, 1.165) is 4.90 Å². The topological polar surface area (TPSA) is 52.6 Å². The molecule has 1 aromatic carbocycles. The zero-order valence-electron chi connectivity index (χ0n) is 14.6. The van der Waals surface area contributed by atoms with E-state index in [0.29, 0.717) is 6.42 Å². The zero-order chi connectivity index (χ0) is 18.1. The van der Waals surface area contributed by atoms with Gasteiger partial charge in [0.15, 0.2) is 11.6 Å². The lowest BCUT2D eigenvalue weighted by Crippen LogP contribution is -2.67. The summed E-state index contributed by atoms with van der Waals surface area (Å²) in [6.07, 6.45) is 7.88. The quantitative estimate of drug-likeness (QED) is 0.443. The average molecular weight is 358 g/mol. The molecule has 132 valence electrons. The van der Waals surface area contributed by atoms with E-state index in [1.165, 1.54) is 27.2 Å². The molecule has 0 radical (unpaired) electrons. The number of allylic oxidation sites excluding steroid dienone is 2. The highest BCUT2D eigenvalue weighted by Gasteiger charge is 2.66. The summed E-state index contributed by atoms with van der Waals surface area (Å²) < 4.78 is 11.4. The molecule has 4 rings (SSSR count). The molecule has 2 bridgehead atoms. The molecule has 0 spiro atoms. The molecule has 0 heterocycles. The molecule has 5 heteroatoms. The van der Waals surface area contributed by atoms with Gasteiger partial charge in [-0.05, 0) is 31.6 Å². The van der Waals surface area contributed by atoms with Gasteiger partial charge in [0.05, 0.1) is 5.41 Å². The Kier molecular flexibility index (Phi) is 5.00. The summed E-state index contributed by atoms with van der Waals surface area (Å²) in [6, 6.07) is 10.0. The molecule has 25 heavy (non-hydrogen) atoms. The van der Waals surface area contributed by atoms with Crippen LogP contribution in [-0.2, 0) is 19.1 Å². The van der Waals surface area contributed by atoms with Crippen LogP contribution >= 0.6 is 11.8 Å². The van der Waals surface area contributed by atoms with E-state index >= 15 is 0 Å². The van der Waals surface area contributed by atoms with Crippen LogP contribution in [0.3, 0.4) is 0 Å². The van der Waals surface area contributed by atoms with E-state index in [-0.39, 0.29) is 22.7 Å². The van der Waals surface area contributed by atoms with E-state index in [2.05, 4.69) is 0 Å². The van der Waals surface area contributed by atoms with Gasteiger partial charge in [-0.3, -0.25) is 9.59 Å². The van der Waals surface area contributed by atoms with Crippen LogP contribution in [0.1, 0.15) is 13.3 Å². The maximum absolute atomic E-state index is 13.0. The lowest BCUT2D eigenvalue weighted by molar-refractivity contribution is -0.251. The van der Waals surface area contributed by atoms with Gasteiger partial charge >= 0.3 is 0 Å². The molecular weight excluding hydrogens is 336 g/mol. The van der Waals surface area contributed by atoms with Crippen molar-refractivity contribution in [2.45, 2.75) is 29.3 Å². The maximum Gasteiger partial charge on any atom is 0.243 e. The number of methoxy groups -OCH3 is 2. The number of hydrogen-bond acceptors (Lipinski definition) is 5. The lowest BCUT2D eigenvalue weighted by Gasteiger charge is -2.55. The molecule has 3 unspecified atom stereocenters. The van der Waals surface area contributed by atoms with Gasteiger partial charge in [0.25, 0.3) is 0 Å². The highest BCUT2D eigenvalue weighted by molar-refractivity contribution is 8.00. The van der Waals surface area contributed by atoms with Crippen LogP contribution < -0.4 is 0 Å². The van der Waals surface area contributed by atoms with Crippen molar-refractivity contribution >= 4 is 23.3 Å². The van der Waals surface area contributed by atoms with Crippen LogP contribution in [0.25, 0.3) is 0 Å². The van der Waals surface area contributed by atoms with Crippen LogP contribution in [0.2, 0.25) is 0 Å². The van der Waals surface area contributed by atoms with Gasteiger partial charge in [0.2, 0.25) is 5.79 Å². The van der Waals surface area contributed by atoms with Gasteiger partial charge < -0.3 is 9.47 Å². The molecule has 0 amide bonds. The number of thioether (sulfide) groups is 1. The third-order valence-corrected chi connectivity index (χ3v) is 6.44. The van der Waals surface area contributed by atoms with E-state index < -0.39 is 11.2 Å². The number of rotatable bonds is 6. The summed E-state index contributed by atoms with van der Waals surface area (Å²) >= 11 is 1.69. The number of hydrogen-bond donors (Lipinski definition) is 0. The smallest absolute Gasteiger partial charge is 0.243 e. The molecule has 0 saturated heterocycles. The normalized spacial score (nSPS) is 30.1. The lowest BCUT2D eigenvalue weighted by atomic mass is 9.59. The number of ketones is 2. The Hall–Kier alpha value is -1.69. The van der Waals surface area contributed by atoms with E-state index in [1.54, 1.807) is 17.8 Å². The second-order valence-electron chi connectivity index (χ2n) is 6.39. The fourth-order valence-electron chi connectivity index (χ4n) is 3.84. The Bertz CT molecular complexity index is 720. The minimum atomic E-state index is -1.41. The first kappa shape index (κ1) is 18.1. The van der Waals surface area contributed by atoms with Gasteiger partial charge in [-0.15, -0.1) is 11.8 Å². The van der Waals surface area contributed by atoms with Gasteiger partial charge in [0.1, 0.15) is 0 Å². The van der Waals surface area contributed by atoms with Crippen LogP contribution in [0.5, 0.6) is 0 Å². The number of carbonyl (C=O) groups excluding carboxylic acids is 2. The summed E-state index contributed by atoms with van der Waals surface area (Å²) in [7, 11) is 2.98. The summed E-state index contributed by atoms with van der Waals surface area (Å²) in [5.74, 6) is -1.82. The number of benzene rings is 1. The Balaban J connectivity index is 2.11. The van der Waals surface area contributed by atoms with Gasteiger partial charge in [0, 0.05) is 30.3 Å². The second-order valence-corrected chi connectivity index (χ2v) is 7.66. The average Bonchev–Trinajstić information content (AvgIpc) is 2.63. The standard InChI is InChI=1S/C20H22O4S/c1-14(21)9-11-19-12-10-15(18(22)20(19,23-2)24-3)13-17(19)25-16-7-5-4-6-8-16/h4-12,15,17H,13H2,1-3H3/b11-9+. The Labute approximate surface area is 152 Å². The Morgan fingerprint density at radius 3 is 2.52 bits per heavy atom. The van der Waals surface area contributed by atoms with Gasteiger partial charge in [-0.1, -0.05) is 36.4 Å².